The van der Waals surface area contributed by atoms with Crippen LogP contribution in [0.5, 0.6) is 0 Å². The zero-order chi connectivity index (χ0) is 14.0. The van der Waals surface area contributed by atoms with Crippen LogP contribution < -0.4 is 0 Å². The molecule has 0 aromatic heterocycles. The molecule has 2 heterocycles. The Hall–Kier alpha value is -0.170. The van der Waals surface area contributed by atoms with E-state index in [0.29, 0.717) is 5.92 Å². The molecule has 3 rings (SSSR count). The lowest BCUT2D eigenvalue weighted by Gasteiger charge is -2.44. The van der Waals surface area contributed by atoms with Crippen LogP contribution in [0.3, 0.4) is 0 Å². The Morgan fingerprint density at radius 2 is 2.05 bits per heavy atom. The Kier molecular flexibility index (Phi) is 4.65. The smallest absolute Gasteiger partial charge is 0.0820 e. The fraction of sp³-hybridized carbons (Fsp3) is 0.625. The van der Waals surface area contributed by atoms with E-state index in [0.717, 1.165) is 51.1 Å². The highest BCUT2D eigenvalue weighted by molar-refractivity contribution is 14.1. The van der Waals surface area contributed by atoms with E-state index in [4.69, 9.17) is 9.47 Å². The summed E-state index contributed by atoms with van der Waals surface area (Å²) in [6, 6.07) is 8.18. The summed E-state index contributed by atoms with van der Waals surface area (Å²) in [6.45, 7) is 2.32. The molecule has 0 amide bonds. The molecule has 1 aromatic carbocycles. The van der Waals surface area contributed by atoms with Crippen molar-refractivity contribution in [3.63, 3.8) is 0 Å². The van der Waals surface area contributed by atoms with E-state index in [1.165, 1.54) is 3.57 Å². The van der Waals surface area contributed by atoms with Gasteiger partial charge in [-0.15, -0.1) is 0 Å². The molecule has 2 fully saturated rings. The molecule has 0 radical (unpaired) electrons. The van der Waals surface area contributed by atoms with Gasteiger partial charge < -0.3 is 14.6 Å². The van der Waals surface area contributed by atoms with Crippen LogP contribution in [0.15, 0.2) is 24.3 Å². The van der Waals surface area contributed by atoms with Gasteiger partial charge in [0.1, 0.15) is 0 Å². The quantitative estimate of drug-likeness (QED) is 0.791. The molecule has 1 aromatic rings. The summed E-state index contributed by atoms with van der Waals surface area (Å²) in [5.74, 6) is 0.292. The number of benzene rings is 1. The zero-order valence-corrected chi connectivity index (χ0v) is 13.7. The average Bonchev–Trinajstić information content (AvgIpc) is 2.47. The van der Waals surface area contributed by atoms with E-state index in [9.17, 15) is 5.11 Å². The second-order valence-corrected chi connectivity index (χ2v) is 7.14. The van der Waals surface area contributed by atoms with Crippen molar-refractivity contribution in [1.82, 2.24) is 0 Å². The number of aliphatic hydroxyl groups is 1. The van der Waals surface area contributed by atoms with E-state index in [2.05, 4.69) is 34.7 Å². The van der Waals surface area contributed by atoms with Gasteiger partial charge >= 0.3 is 0 Å². The molecular weight excluding hydrogens is 367 g/mol. The molecule has 3 nitrogen and oxygen atoms in total. The SMILES string of the molecule is OC(c1cccc(I)c1)C1CCOC2(CCOCC2)C1. The highest BCUT2D eigenvalue weighted by atomic mass is 127. The zero-order valence-electron chi connectivity index (χ0n) is 11.6. The second-order valence-electron chi connectivity index (χ2n) is 5.90. The predicted molar refractivity (Wildman–Crippen MR) is 85.6 cm³/mol. The normalized spacial score (nSPS) is 27.4. The van der Waals surface area contributed by atoms with Crippen LogP contribution in [0.25, 0.3) is 0 Å². The topological polar surface area (TPSA) is 38.7 Å². The van der Waals surface area contributed by atoms with E-state index >= 15 is 0 Å². The van der Waals surface area contributed by atoms with Crippen LogP contribution in [0, 0.1) is 9.49 Å². The molecule has 1 N–H and O–H groups in total. The van der Waals surface area contributed by atoms with Crippen molar-refractivity contribution in [3.05, 3.63) is 33.4 Å². The third-order valence-electron chi connectivity index (χ3n) is 4.57. The van der Waals surface area contributed by atoms with Crippen LogP contribution >= 0.6 is 22.6 Å². The summed E-state index contributed by atoms with van der Waals surface area (Å²) < 4.78 is 12.7. The van der Waals surface area contributed by atoms with Crippen LogP contribution in [0.1, 0.15) is 37.4 Å². The maximum Gasteiger partial charge on any atom is 0.0820 e. The lowest BCUT2D eigenvalue weighted by molar-refractivity contribution is -0.159. The molecule has 0 saturated carbocycles. The molecule has 2 aliphatic rings. The first kappa shape index (κ1) is 14.8. The first-order valence-electron chi connectivity index (χ1n) is 7.34. The Bertz CT molecular complexity index is 451. The van der Waals surface area contributed by atoms with Gasteiger partial charge in [0.25, 0.3) is 0 Å². The minimum Gasteiger partial charge on any atom is -0.388 e. The van der Waals surface area contributed by atoms with Crippen molar-refractivity contribution >= 4 is 22.6 Å². The Labute approximate surface area is 133 Å². The molecule has 0 aliphatic carbocycles. The fourth-order valence-corrected chi connectivity index (χ4v) is 3.96. The monoisotopic (exact) mass is 388 g/mol. The third-order valence-corrected chi connectivity index (χ3v) is 5.24. The molecule has 4 heteroatoms. The Morgan fingerprint density at radius 3 is 2.80 bits per heavy atom. The number of hydrogen-bond donors (Lipinski definition) is 1. The van der Waals surface area contributed by atoms with Gasteiger partial charge in [-0.1, -0.05) is 12.1 Å². The number of ether oxygens (including phenoxy) is 2. The molecule has 20 heavy (non-hydrogen) atoms. The third kappa shape index (κ3) is 3.18. The van der Waals surface area contributed by atoms with Crippen molar-refractivity contribution in [2.24, 2.45) is 5.92 Å². The molecule has 2 saturated heterocycles. The van der Waals surface area contributed by atoms with Crippen LogP contribution in [-0.4, -0.2) is 30.5 Å². The second kappa shape index (κ2) is 6.30. The highest BCUT2D eigenvalue weighted by Gasteiger charge is 2.41. The summed E-state index contributed by atoms with van der Waals surface area (Å²) >= 11 is 2.29. The minimum atomic E-state index is -0.381. The highest BCUT2D eigenvalue weighted by Crippen LogP contribution is 2.41. The Morgan fingerprint density at radius 1 is 1.25 bits per heavy atom. The number of rotatable bonds is 2. The average molecular weight is 388 g/mol. The van der Waals surface area contributed by atoms with E-state index in [1.54, 1.807) is 0 Å². The molecule has 1 spiro atoms. The van der Waals surface area contributed by atoms with E-state index < -0.39 is 0 Å². The lowest BCUT2D eigenvalue weighted by atomic mass is 9.77. The summed E-state index contributed by atoms with van der Waals surface area (Å²) in [5.41, 5.74) is 0.982. The minimum absolute atomic E-state index is 0.0515. The van der Waals surface area contributed by atoms with Gasteiger partial charge in [0, 0.05) is 23.4 Å². The molecule has 110 valence electrons. The summed E-state index contributed by atoms with van der Waals surface area (Å²) in [4.78, 5) is 0. The van der Waals surface area contributed by atoms with Crippen molar-refractivity contribution in [2.75, 3.05) is 19.8 Å². The molecule has 2 atom stereocenters. The van der Waals surface area contributed by atoms with E-state index in [1.807, 2.05) is 12.1 Å². The van der Waals surface area contributed by atoms with Gasteiger partial charge in [-0.2, -0.15) is 0 Å². The van der Waals surface area contributed by atoms with Crippen LogP contribution in [0.4, 0.5) is 0 Å². The van der Waals surface area contributed by atoms with Crippen LogP contribution in [0.2, 0.25) is 0 Å². The summed E-state index contributed by atoms with van der Waals surface area (Å²) in [6.07, 6.45) is 3.43. The van der Waals surface area contributed by atoms with Crippen molar-refractivity contribution in [1.29, 1.82) is 0 Å². The summed E-state index contributed by atoms with van der Waals surface area (Å²) in [7, 11) is 0. The first-order chi connectivity index (χ1) is 9.69. The molecular formula is C16H21IO3. The fourth-order valence-electron chi connectivity index (χ4n) is 3.39. The van der Waals surface area contributed by atoms with E-state index in [-0.39, 0.29) is 11.7 Å². The predicted octanol–water partition coefficient (Wildman–Crippen LogP) is 3.30. The maximum atomic E-state index is 10.7. The maximum absolute atomic E-state index is 10.7. The van der Waals surface area contributed by atoms with Gasteiger partial charge in [-0.3, -0.25) is 0 Å². The Balaban J connectivity index is 1.73. The molecule has 2 aliphatic heterocycles. The van der Waals surface area contributed by atoms with Gasteiger partial charge in [0.05, 0.1) is 11.7 Å². The van der Waals surface area contributed by atoms with Gasteiger partial charge in [-0.25, -0.2) is 0 Å². The van der Waals surface area contributed by atoms with Gasteiger partial charge in [-0.05, 0) is 71.9 Å². The number of aliphatic hydroxyl groups excluding tert-OH is 1. The largest absolute Gasteiger partial charge is 0.388 e. The molecule has 0 bridgehead atoms. The molecule has 2 unspecified atom stereocenters. The number of halogens is 1. The summed E-state index contributed by atoms with van der Waals surface area (Å²) in [5, 5.41) is 10.7. The standard InChI is InChI=1S/C16H21IO3/c17-14-3-1-2-12(10-14)15(18)13-4-7-20-16(11-13)5-8-19-9-6-16/h1-3,10,13,15,18H,4-9,11H2. The number of hydrogen-bond acceptors (Lipinski definition) is 3. The van der Waals surface area contributed by atoms with Gasteiger partial charge in [0.2, 0.25) is 0 Å². The first-order valence-corrected chi connectivity index (χ1v) is 8.42. The van der Waals surface area contributed by atoms with Crippen LogP contribution in [-0.2, 0) is 9.47 Å². The lowest BCUT2D eigenvalue weighted by Crippen LogP contribution is -2.45. The van der Waals surface area contributed by atoms with Crippen molar-refractivity contribution < 1.29 is 14.6 Å². The van der Waals surface area contributed by atoms with Gasteiger partial charge in [0.15, 0.2) is 0 Å². The van der Waals surface area contributed by atoms with Crippen molar-refractivity contribution in [2.45, 2.75) is 37.4 Å². The van der Waals surface area contributed by atoms with Crippen molar-refractivity contribution in [3.8, 4) is 0 Å².